The van der Waals surface area contributed by atoms with E-state index in [1.807, 2.05) is 6.07 Å². The number of benzene rings is 1. The van der Waals surface area contributed by atoms with E-state index in [1.54, 1.807) is 6.07 Å². The van der Waals surface area contributed by atoms with E-state index in [-0.39, 0.29) is 0 Å². The molecular weight excluding hydrogens is 293 g/mol. The molecule has 2 nitrogen and oxygen atoms in total. The van der Waals surface area contributed by atoms with Crippen LogP contribution in [0.4, 0.5) is 0 Å². The Bertz CT molecular complexity index is 431. The van der Waals surface area contributed by atoms with Crippen LogP contribution < -0.4 is 10.1 Å². The monoisotopic (exact) mass is 315 g/mol. The topological polar surface area (TPSA) is 21.3 Å². The van der Waals surface area contributed by atoms with E-state index in [0.717, 1.165) is 31.0 Å². The minimum Gasteiger partial charge on any atom is -0.491 e. The molecule has 0 radical (unpaired) electrons. The molecule has 1 N–H and O–H groups in total. The maximum Gasteiger partial charge on any atom is 0.142 e. The fourth-order valence-electron chi connectivity index (χ4n) is 2.72. The van der Waals surface area contributed by atoms with E-state index < -0.39 is 0 Å². The van der Waals surface area contributed by atoms with Crippen molar-refractivity contribution in [3.8, 4) is 5.75 Å². The van der Waals surface area contributed by atoms with Gasteiger partial charge in [0.1, 0.15) is 5.75 Å². The highest BCUT2D eigenvalue weighted by molar-refractivity contribution is 6.35. The lowest BCUT2D eigenvalue weighted by Gasteiger charge is -2.23. The van der Waals surface area contributed by atoms with Crippen molar-refractivity contribution in [1.29, 1.82) is 0 Å². The highest BCUT2D eigenvalue weighted by atomic mass is 35.5. The zero-order chi connectivity index (χ0) is 14.4. The molecule has 2 rings (SSSR count). The standard InChI is InChI=1S/C16H23Cl2NO/c1-2-19-10-13-8-14(17)9-15(18)16(13)20-11-12-6-4-3-5-7-12/h8-9,12,19H,2-7,10-11H2,1H3. The quantitative estimate of drug-likeness (QED) is 0.792. The van der Waals surface area contributed by atoms with Crippen molar-refractivity contribution in [3.05, 3.63) is 27.7 Å². The molecule has 0 amide bonds. The SMILES string of the molecule is CCNCc1cc(Cl)cc(Cl)c1OCC1CCCCC1. The summed E-state index contributed by atoms with van der Waals surface area (Å²) < 4.78 is 6.03. The molecule has 1 aliphatic carbocycles. The molecule has 1 aromatic carbocycles. The maximum atomic E-state index is 6.29. The van der Waals surface area contributed by atoms with Crippen LogP contribution in [0.5, 0.6) is 5.75 Å². The van der Waals surface area contributed by atoms with E-state index in [4.69, 9.17) is 27.9 Å². The highest BCUT2D eigenvalue weighted by Gasteiger charge is 2.16. The van der Waals surface area contributed by atoms with Gasteiger partial charge >= 0.3 is 0 Å². The van der Waals surface area contributed by atoms with E-state index >= 15 is 0 Å². The van der Waals surface area contributed by atoms with Crippen molar-refractivity contribution in [2.45, 2.75) is 45.6 Å². The van der Waals surface area contributed by atoms with Crippen LogP contribution in [-0.2, 0) is 6.54 Å². The molecule has 0 bridgehead atoms. The van der Waals surface area contributed by atoms with Gasteiger partial charge in [-0.25, -0.2) is 0 Å². The van der Waals surface area contributed by atoms with Crippen LogP contribution in [0.2, 0.25) is 10.0 Å². The summed E-state index contributed by atoms with van der Waals surface area (Å²) >= 11 is 12.4. The third kappa shape index (κ3) is 4.54. The predicted molar refractivity (Wildman–Crippen MR) is 85.9 cm³/mol. The Labute approximate surface area is 131 Å². The normalized spacial score (nSPS) is 16.4. The number of hydrogen-bond acceptors (Lipinski definition) is 2. The van der Waals surface area contributed by atoms with Crippen LogP contribution in [0, 0.1) is 5.92 Å². The Hall–Kier alpha value is -0.440. The molecule has 0 saturated heterocycles. The Morgan fingerprint density at radius 1 is 1.20 bits per heavy atom. The maximum absolute atomic E-state index is 6.29. The Morgan fingerprint density at radius 3 is 2.65 bits per heavy atom. The van der Waals surface area contributed by atoms with Gasteiger partial charge in [-0.2, -0.15) is 0 Å². The van der Waals surface area contributed by atoms with Gasteiger partial charge in [-0.05, 0) is 37.4 Å². The second-order valence-corrected chi connectivity index (χ2v) is 6.31. The van der Waals surface area contributed by atoms with Gasteiger partial charge in [0, 0.05) is 17.1 Å². The molecule has 0 unspecified atom stereocenters. The summed E-state index contributed by atoms with van der Waals surface area (Å²) in [4.78, 5) is 0. The predicted octanol–water partition coefficient (Wildman–Crippen LogP) is 5.06. The Balaban J connectivity index is 2.04. The molecular formula is C16H23Cl2NO. The van der Waals surface area contributed by atoms with Crippen LogP contribution >= 0.6 is 23.2 Å². The fraction of sp³-hybridized carbons (Fsp3) is 0.625. The van der Waals surface area contributed by atoms with Crippen LogP contribution in [-0.4, -0.2) is 13.2 Å². The number of nitrogens with one attached hydrogen (secondary N) is 1. The number of hydrogen-bond donors (Lipinski definition) is 1. The summed E-state index contributed by atoms with van der Waals surface area (Å²) in [5.74, 6) is 1.46. The number of ether oxygens (including phenoxy) is 1. The lowest BCUT2D eigenvalue weighted by Crippen LogP contribution is -2.17. The molecule has 0 atom stereocenters. The second-order valence-electron chi connectivity index (χ2n) is 5.47. The average molecular weight is 316 g/mol. The molecule has 0 aromatic heterocycles. The summed E-state index contributed by atoms with van der Waals surface area (Å²) in [6.07, 6.45) is 6.56. The van der Waals surface area contributed by atoms with Crippen molar-refractivity contribution < 1.29 is 4.74 Å². The zero-order valence-corrected chi connectivity index (χ0v) is 13.6. The second kappa shape index (κ2) is 8.11. The highest BCUT2D eigenvalue weighted by Crippen LogP contribution is 2.34. The lowest BCUT2D eigenvalue weighted by molar-refractivity contribution is 0.207. The lowest BCUT2D eigenvalue weighted by atomic mass is 9.90. The smallest absolute Gasteiger partial charge is 0.142 e. The van der Waals surface area contributed by atoms with Crippen LogP contribution in [0.1, 0.15) is 44.6 Å². The molecule has 0 heterocycles. The first-order valence-electron chi connectivity index (χ1n) is 7.52. The first kappa shape index (κ1) is 15.9. The van der Waals surface area contributed by atoms with Crippen molar-refractivity contribution >= 4 is 23.2 Å². The van der Waals surface area contributed by atoms with Crippen molar-refractivity contribution in [1.82, 2.24) is 5.32 Å². The molecule has 0 aliphatic heterocycles. The van der Waals surface area contributed by atoms with Crippen LogP contribution in [0.3, 0.4) is 0 Å². The molecule has 1 aliphatic rings. The molecule has 1 fully saturated rings. The van der Waals surface area contributed by atoms with Gasteiger partial charge in [-0.1, -0.05) is 49.4 Å². The van der Waals surface area contributed by atoms with Gasteiger partial charge < -0.3 is 10.1 Å². The van der Waals surface area contributed by atoms with Crippen LogP contribution in [0.25, 0.3) is 0 Å². The number of rotatable bonds is 6. The minimum atomic E-state index is 0.612. The van der Waals surface area contributed by atoms with E-state index in [1.165, 1.54) is 32.1 Å². The molecule has 1 saturated carbocycles. The molecule has 112 valence electrons. The van der Waals surface area contributed by atoms with Crippen LogP contribution in [0.15, 0.2) is 12.1 Å². The van der Waals surface area contributed by atoms with Crippen molar-refractivity contribution in [3.63, 3.8) is 0 Å². The summed E-state index contributed by atoms with van der Waals surface area (Å²) in [5.41, 5.74) is 1.04. The zero-order valence-electron chi connectivity index (χ0n) is 12.1. The van der Waals surface area contributed by atoms with E-state index in [9.17, 15) is 0 Å². The van der Waals surface area contributed by atoms with Gasteiger partial charge in [0.15, 0.2) is 0 Å². The van der Waals surface area contributed by atoms with Gasteiger partial charge in [-0.15, -0.1) is 0 Å². The van der Waals surface area contributed by atoms with Crippen molar-refractivity contribution in [2.24, 2.45) is 5.92 Å². The summed E-state index contributed by atoms with van der Waals surface area (Å²) in [5, 5.41) is 4.57. The van der Waals surface area contributed by atoms with Gasteiger partial charge in [0.2, 0.25) is 0 Å². The van der Waals surface area contributed by atoms with E-state index in [0.29, 0.717) is 16.0 Å². The van der Waals surface area contributed by atoms with Gasteiger partial charge in [0.25, 0.3) is 0 Å². The summed E-state index contributed by atoms with van der Waals surface area (Å²) in [6.45, 7) is 4.48. The molecule has 20 heavy (non-hydrogen) atoms. The Kier molecular flexibility index (Phi) is 6.47. The third-order valence-corrected chi connectivity index (χ3v) is 4.34. The fourth-order valence-corrected chi connectivity index (χ4v) is 3.31. The third-order valence-electron chi connectivity index (χ3n) is 3.84. The largest absolute Gasteiger partial charge is 0.491 e. The Morgan fingerprint density at radius 2 is 1.95 bits per heavy atom. The van der Waals surface area contributed by atoms with Gasteiger partial charge in [-0.3, -0.25) is 0 Å². The average Bonchev–Trinajstić information content (AvgIpc) is 2.45. The molecule has 4 heteroatoms. The first-order valence-corrected chi connectivity index (χ1v) is 8.27. The summed E-state index contributed by atoms with van der Waals surface area (Å²) in [6, 6.07) is 3.70. The molecule has 0 spiro atoms. The van der Waals surface area contributed by atoms with Gasteiger partial charge in [0.05, 0.1) is 11.6 Å². The van der Waals surface area contributed by atoms with E-state index in [2.05, 4.69) is 12.2 Å². The molecule has 1 aromatic rings. The first-order chi connectivity index (χ1) is 9.70. The minimum absolute atomic E-state index is 0.612. The number of halogens is 2. The summed E-state index contributed by atoms with van der Waals surface area (Å²) in [7, 11) is 0. The van der Waals surface area contributed by atoms with Crippen molar-refractivity contribution in [2.75, 3.05) is 13.2 Å².